The Bertz CT molecular complexity index is 505. The van der Waals surface area contributed by atoms with Crippen molar-refractivity contribution in [2.45, 2.75) is 4.34 Å². The summed E-state index contributed by atoms with van der Waals surface area (Å²) in [5, 5.41) is 20.7. The molecule has 0 spiro atoms. The van der Waals surface area contributed by atoms with Gasteiger partial charge >= 0.3 is 0 Å². The van der Waals surface area contributed by atoms with Crippen LogP contribution in [0.15, 0.2) is 28.6 Å². The number of para-hydroxylation sites is 2. The first-order valence-electron chi connectivity index (χ1n) is 5.30. The molecule has 18 heavy (non-hydrogen) atoms. The number of hydrogen-bond donors (Lipinski definition) is 2. The highest BCUT2D eigenvalue weighted by Crippen LogP contribution is 2.31. The first-order valence-corrected chi connectivity index (χ1v) is 7.11. The van der Waals surface area contributed by atoms with E-state index in [1.165, 1.54) is 23.1 Å². The summed E-state index contributed by atoms with van der Waals surface area (Å²) in [5.74, 6) is 1.39. The molecule has 0 saturated carbocycles. The Morgan fingerprint density at radius 2 is 2.22 bits per heavy atom. The molecule has 1 aromatic carbocycles. The third-order valence-corrected chi connectivity index (χ3v) is 4.02. The molecule has 0 radical (unpaired) electrons. The number of nitrogens with one attached hydrogen (secondary N) is 1. The molecule has 0 aliphatic carbocycles. The third-order valence-electron chi connectivity index (χ3n) is 2.07. The van der Waals surface area contributed by atoms with Crippen molar-refractivity contribution in [1.82, 2.24) is 10.2 Å². The number of hydrogen-bond acceptors (Lipinski definition) is 7. The van der Waals surface area contributed by atoms with Gasteiger partial charge in [-0.2, -0.15) is 0 Å². The fourth-order valence-corrected chi connectivity index (χ4v) is 2.89. The van der Waals surface area contributed by atoms with Crippen LogP contribution in [0.4, 0.5) is 10.8 Å². The second kappa shape index (κ2) is 6.58. The number of methoxy groups -OCH3 is 1. The molecule has 0 aliphatic heterocycles. The second-order valence-electron chi connectivity index (χ2n) is 3.27. The van der Waals surface area contributed by atoms with E-state index in [-0.39, 0.29) is 6.61 Å². The second-order valence-corrected chi connectivity index (χ2v) is 5.59. The normalized spacial score (nSPS) is 10.3. The summed E-state index contributed by atoms with van der Waals surface area (Å²) < 4.78 is 6.08. The van der Waals surface area contributed by atoms with Gasteiger partial charge < -0.3 is 15.2 Å². The predicted molar refractivity (Wildman–Crippen MR) is 74.0 cm³/mol. The van der Waals surface area contributed by atoms with Gasteiger partial charge in [0.1, 0.15) is 5.75 Å². The van der Waals surface area contributed by atoms with Gasteiger partial charge in [0.2, 0.25) is 5.13 Å². The van der Waals surface area contributed by atoms with Crippen molar-refractivity contribution in [3.8, 4) is 5.75 Å². The van der Waals surface area contributed by atoms with Crippen LogP contribution in [0.2, 0.25) is 0 Å². The van der Waals surface area contributed by atoms with Gasteiger partial charge in [-0.25, -0.2) is 0 Å². The highest BCUT2D eigenvalue weighted by molar-refractivity contribution is 8.01. The van der Waals surface area contributed by atoms with Crippen LogP contribution in [0.3, 0.4) is 0 Å². The van der Waals surface area contributed by atoms with E-state index >= 15 is 0 Å². The zero-order valence-electron chi connectivity index (χ0n) is 9.79. The van der Waals surface area contributed by atoms with Gasteiger partial charge in [0.25, 0.3) is 0 Å². The van der Waals surface area contributed by atoms with Crippen molar-refractivity contribution in [2.75, 3.05) is 24.8 Å². The SMILES string of the molecule is COc1ccccc1Nc1nnc(SCCO)s1. The summed E-state index contributed by atoms with van der Waals surface area (Å²) in [6.45, 7) is 0.138. The minimum atomic E-state index is 0.138. The smallest absolute Gasteiger partial charge is 0.210 e. The Hall–Kier alpha value is -1.31. The number of benzene rings is 1. The highest BCUT2D eigenvalue weighted by Gasteiger charge is 2.07. The van der Waals surface area contributed by atoms with Crippen LogP contribution < -0.4 is 10.1 Å². The molecule has 7 heteroatoms. The molecule has 0 atom stereocenters. The Morgan fingerprint density at radius 1 is 1.39 bits per heavy atom. The third kappa shape index (κ3) is 3.34. The Kier molecular flexibility index (Phi) is 4.80. The Morgan fingerprint density at radius 3 is 3.00 bits per heavy atom. The Balaban J connectivity index is 2.06. The lowest BCUT2D eigenvalue weighted by Gasteiger charge is -2.07. The van der Waals surface area contributed by atoms with E-state index in [9.17, 15) is 0 Å². The standard InChI is InChI=1S/C11H13N3O2S2/c1-16-9-5-3-2-4-8(9)12-10-13-14-11(18-10)17-7-6-15/h2-5,15H,6-7H2,1H3,(H,12,13). The summed E-state index contributed by atoms with van der Waals surface area (Å²) in [7, 11) is 1.63. The monoisotopic (exact) mass is 283 g/mol. The van der Waals surface area contributed by atoms with Gasteiger partial charge in [-0.05, 0) is 12.1 Å². The van der Waals surface area contributed by atoms with E-state index in [2.05, 4.69) is 15.5 Å². The van der Waals surface area contributed by atoms with Crippen molar-refractivity contribution in [2.24, 2.45) is 0 Å². The number of aliphatic hydroxyl groups is 1. The zero-order valence-corrected chi connectivity index (χ0v) is 11.4. The Labute approximate surface area is 113 Å². The molecule has 2 rings (SSSR count). The van der Waals surface area contributed by atoms with Crippen LogP contribution in [0.5, 0.6) is 5.75 Å². The maximum atomic E-state index is 8.74. The molecule has 2 aromatic rings. The van der Waals surface area contributed by atoms with Crippen LogP contribution in [-0.4, -0.2) is 34.8 Å². The van der Waals surface area contributed by atoms with Gasteiger partial charge in [0.15, 0.2) is 4.34 Å². The molecule has 1 heterocycles. The molecule has 2 N–H and O–H groups in total. The van der Waals surface area contributed by atoms with E-state index in [4.69, 9.17) is 9.84 Å². The van der Waals surface area contributed by atoms with Gasteiger partial charge in [-0.3, -0.25) is 0 Å². The fraction of sp³-hybridized carbons (Fsp3) is 0.273. The van der Waals surface area contributed by atoms with Crippen LogP contribution in [0.1, 0.15) is 0 Å². The fourth-order valence-electron chi connectivity index (χ4n) is 1.31. The average molecular weight is 283 g/mol. The van der Waals surface area contributed by atoms with Gasteiger partial charge in [0.05, 0.1) is 19.4 Å². The molecule has 0 fully saturated rings. The van der Waals surface area contributed by atoms with Crippen molar-refractivity contribution in [1.29, 1.82) is 0 Å². The molecule has 0 aliphatic rings. The van der Waals surface area contributed by atoms with E-state index in [1.807, 2.05) is 24.3 Å². The summed E-state index contributed by atoms with van der Waals surface area (Å²) in [6, 6.07) is 7.63. The van der Waals surface area contributed by atoms with Crippen molar-refractivity contribution in [3.05, 3.63) is 24.3 Å². The van der Waals surface area contributed by atoms with E-state index in [0.29, 0.717) is 10.9 Å². The largest absolute Gasteiger partial charge is 0.495 e. The maximum absolute atomic E-state index is 8.74. The van der Waals surface area contributed by atoms with Crippen LogP contribution in [0.25, 0.3) is 0 Å². The number of anilines is 2. The molecular weight excluding hydrogens is 270 g/mol. The molecule has 1 aromatic heterocycles. The lowest BCUT2D eigenvalue weighted by Crippen LogP contribution is -1.93. The van der Waals surface area contributed by atoms with Crippen molar-refractivity contribution >= 4 is 33.9 Å². The molecule has 96 valence electrons. The van der Waals surface area contributed by atoms with E-state index in [0.717, 1.165) is 15.8 Å². The lowest BCUT2D eigenvalue weighted by atomic mass is 10.3. The first-order chi connectivity index (χ1) is 8.83. The number of aliphatic hydroxyl groups excluding tert-OH is 1. The maximum Gasteiger partial charge on any atom is 0.210 e. The van der Waals surface area contributed by atoms with E-state index in [1.54, 1.807) is 7.11 Å². The van der Waals surface area contributed by atoms with Crippen LogP contribution >= 0.6 is 23.1 Å². The average Bonchev–Trinajstić information content (AvgIpc) is 2.84. The molecule has 0 saturated heterocycles. The predicted octanol–water partition coefficient (Wildman–Crippen LogP) is 2.37. The van der Waals surface area contributed by atoms with Gasteiger partial charge in [0, 0.05) is 5.75 Å². The molecule has 0 unspecified atom stereocenters. The number of rotatable bonds is 6. The van der Waals surface area contributed by atoms with Gasteiger partial charge in [-0.1, -0.05) is 35.2 Å². The highest BCUT2D eigenvalue weighted by atomic mass is 32.2. The molecule has 0 amide bonds. The first kappa shape index (κ1) is 13.1. The number of aromatic nitrogens is 2. The minimum Gasteiger partial charge on any atom is -0.495 e. The number of nitrogens with zero attached hydrogens (tertiary/aromatic N) is 2. The van der Waals surface area contributed by atoms with E-state index < -0.39 is 0 Å². The summed E-state index contributed by atoms with van der Waals surface area (Å²) >= 11 is 2.94. The quantitative estimate of drug-likeness (QED) is 0.793. The zero-order chi connectivity index (χ0) is 12.8. The summed E-state index contributed by atoms with van der Waals surface area (Å²) in [4.78, 5) is 0. The van der Waals surface area contributed by atoms with Crippen LogP contribution in [-0.2, 0) is 0 Å². The topological polar surface area (TPSA) is 67.3 Å². The molecule has 0 bridgehead atoms. The minimum absolute atomic E-state index is 0.138. The number of ether oxygens (including phenoxy) is 1. The lowest BCUT2D eigenvalue weighted by molar-refractivity contribution is 0.322. The summed E-state index contributed by atoms with van der Waals surface area (Å²) in [6.07, 6.45) is 0. The number of thioether (sulfide) groups is 1. The summed E-state index contributed by atoms with van der Waals surface area (Å²) in [5.41, 5.74) is 0.856. The van der Waals surface area contributed by atoms with Crippen molar-refractivity contribution < 1.29 is 9.84 Å². The molecular formula is C11H13N3O2S2. The molecule has 5 nitrogen and oxygen atoms in total. The van der Waals surface area contributed by atoms with Crippen molar-refractivity contribution in [3.63, 3.8) is 0 Å². The van der Waals surface area contributed by atoms with Gasteiger partial charge in [-0.15, -0.1) is 10.2 Å². The van der Waals surface area contributed by atoms with Crippen LogP contribution in [0, 0.1) is 0 Å².